The van der Waals surface area contributed by atoms with Crippen molar-refractivity contribution in [3.8, 4) is 11.5 Å². The number of carboxylic acid groups (broad SMARTS) is 1. The summed E-state index contributed by atoms with van der Waals surface area (Å²) < 4.78 is 24.2. The van der Waals surface area contributed by atoms with Gasteiger partial charge >= 0.3 is 5.97 Å². The van der Waals surface area contributed by atoms with E-state index in [2.05, 4.69) is 5.32 Å². The highest BCUT2D eigenvalue weighted by Crippen LogP contribution is 2.37. The molecule has 0 aliphatic carbocycles. The molecule has 2 N–H and O–H groups in total. The summed E-state index contributed by atoms with van der Waals surface area (Å²) in [6.07, 6.45) is 0. The number of hydrogen-bond donors (Lipinski definition) is 2. The Balaban J connectivity index is 0.00000341. The fraction of sp³-hybridized carbons (Fsp3) is 0.174. The lowest BCUT2D eigenvalue weighted by molar-refractivity contribution is 0.0697. The Morgan fingerprint density at radius 1 is 1.00 bits per heavy atom. The van der Waals surface area contributed by atoms with Gasteiger partial charge in [-0.1, -0.05) is 35.9 Å². The molecular formula is C23H22Cl2FNO4. The topological polar surface area (TPSA) is 67.8 Å². The van der Waals surface area contributed by atoms with E-state index in [0.717, 1.165) is 16.7 Å². The van der Waals surface area contributed by atoms with Crippen molar-refractivity contribution in [3.05, 3.63) is 93.8 Å². The van der Waals surface area contributed by atoms with Crippen LogP contribution in [0.3, 0.4) is 0 Å². The van der Waals surface area contributed by atoms with E-state index in [9.17, 15) is 9.18 Å². The average Bonchev–Trinajstić information content (AvgIpc) is 2.74. The van der Waals surface area contributed by atoms with E-state index in [1.807, 2.05) is 6.07 Å². The predicted molar refractivity (Wildman–Crippen MR) is 120 cm³/mol. The van der Waals surface area contributed by atoms with Crippen molar-refractivity contribution in [1.29, 1.82) is 0 Å². The first-order valence-electron chi connectivity index (χ1n) is 9.23. The van der Waals surface area contributed by atoms with Crippen molar-refractivity contribution < 1.29 is 23.8 Å². The van der Waals surface area contributed by atoms with Crippen LogP contribution >= 0.6 is 24.0 Å². The van der Waals surface area contributed by atoms with Crippen LogP contribution in [0.2, 0.25) is 5.02 Å². The Morgan fingerprint density at radius 3 is 2.23 bits per heavy atom. The quantitative estimate of drug-likeness (QED) is 0.438. The van der Waals surface area contributed by atoms with E-state index in [4.69, 9.17) is 26.2 Å². The summed E-state index contributed by atoms with van der Waals surface area (Å²) in [6, 6.07) is 16.4. The molecule has 0 saturated carbocycles. The van der Waals surface area contributed by atoms with Crippen molar-refractivity contribution in [1.82, 2.24) is 5.32 Å². The summed E-state index contributed by atoms with van der Waals surface area (Å²) in [7, 11) is 1.54. The van der Waals surface area contributed by atoms with Crippen LogP contribution in [0.15, 0.2) is 60.7 Å². The number of rotatable bonds is 9. The molecule has 0 saturated heterocycles. The second-order valence-corrected chi connectivity index (χ2v) is 7.04. The van der Waals surface area contributed by atoms with Gasteiger partial charge in [-0.2, -0.15) is 0 Å². The molecule has 0 radical (unpaired) electrons. The second kappa shape index (κ2) is 11.6. The maximum atomic E-state index is 13.0. The molecule has 0 fully saturated rings. The largest absolute Gasteiger partial charge is 0.493 e. The van der Waals surface area contributed by atoms with Crippen LogP contribution in [0.5, 0.6) is 11.5 Å². The van der Waals surface area contributed by atoms with E-state index >= 15 is 0 Å². The molecule has 31 heavy (non-hydrogen) atoms. The van der Waals surface area contributed by atoms with Gasteiger partial charge in [0.1, 0.15) is 12.4 Å². The first-order valence-corrected chi connectivity index (χ1v) is 9.60. The van der Waals surface area contributed by atoms with Gasteiger partial charge in [0, 0.05) is 13.1 Å². The number of ether oxygens (including phenoxy) is 2. The molecule has 3 aromatic carbocycles. The number of carboxylic acids is 1. The van der Waals surface area contributed by atoms with Gasteiger partial charge in [0.05, 0.1) is 17.7 Å². The Bertz CT molecular complexity index is 1010. The molecule has 5 nitrogen and oxygen atoms in total. The van der Waals surface area contributed by atoms with Gasteiger partial charge in [-0.05, 0) is 53.1 Å². The predicted octanol–water partition coefficient (Wildman–Crippen LogP) is 5.48. The number of methoxy groups -OCH3 is 1. The van der Waals surface area contributed by atoms with Gasteiger partial charge in [-0.3, -0.25) is 0 Å². The van der Waals surface area contributed by atoms with Crippen molar-refractivity contribution in [2.24, 2.45) is 0 Å². The molecule has 0 spiro atoms. The fourth-order valence-corrected chi connectivity index (χ4v) is 3.16. The van der Waals surface area contributed by atoms with Crippen LogP contribution in [0, 0.1) is 5.82 Å². The van der Waals surface area contributed by atoms with E-state index < -0.39 is 5.97 Å². The summed E-state index contributed by atoms with van der Waals surface area (Å²) >= 11 is 6.40. The van der Waals surface area contributed by atoms with E-state index in [0.29, 0.717) is 29.6 Å². The molecule has 8 heteroatoms. The highest BCUT2D eigenvalue weighted by Gasteiger charge is 2.12. The molecule has 0 heterocycles. The first-order chi connectivity index (χ1) is 14.5. The highest BCUT2D eigenvalue weighted by atomic mass is 35.5. The lowest BCUT2D eigenvalue weighted by Crippen LogP contribution is -2.13. The number of halogens is 3. The van der Waals surface area contributed by atoms with Crippen LogP contribution in [0.25, 0.3) is 0 Å². The van der Waals surface area contributed by atoms with Gasteiger partial charge in [0.2, 0.25) is 0 Å². The van der Waals surface area contributed by atoms with E-state index in [1.165, 1.54) is 19.2 Å². The lowest BCUT2D eigenvalue weighted by Gasteiger charge is -2.15. The molecule has 3 rings (SSSR count). The lowest BCUT2D eigenvalue weighted by atomic mass is 10.1. The Labute approximate surface area is 191 Å². The molecule has 3 aromatic rings. The molecule has 0 aromatic heterocycles. The Morgan fingerprint density at radius 2 is 1.61 bits per heavy atom. The van der Waals surface area contributed by atoms with Crippen molar-refractivity contribution in [2.45, 2.75) is 19.7 Å². The highest BCUT2D eigenvalue weighted by molar-refractivity contribution is 6.32. The molecule has 0 aliphatic heterocycles. The van der Waals surface area contributed by atoms with Crippen LogP contribution < -0.4 is 14.8 Å². The minimum Gasteiger partial charge on any atom is -0.493 e. The smallest absolute Gasteiger partial charge is 0.335 e. The molecule has 0 unspecified atom stereocenters. The Hall–Kier alpha value is -2.80. The number of nitrogens with one attached hydrogen (secondary N) is 1. The monoisotopic (exact) mass is 465 g/mol. The van der Waals surface area contributed by atoms with Gasteiger partial charge in [-0.15, -0.1) is 12.4 Å². The summed E-state index contributed by atoms with van der Waals surface area (Å²) in [5.41, 5.74) is 2.95. The molecule has 164 valence electrons. The summed E-state index contributed by atoms with van der Waals surface area (Å²) in [5, 5.41) is 12.7. The summed E-state index contributed by atoms with van der Waals surface area (Å²) in [5.74, 6) is -0.314. The fourth-order valence-electron chi connectivity index (χ4n) is 2.87. The van der Waals surface area contributed by atoms with Crippen LogP contribution in [-0.2, 0) is 19.7 Å². The van der Waals surface area contributed by atoms with Crippen LogP contribution in [0.1, 0.15) is 27.0 Å². The van der Waals surface area contributed by atoms with Gasteiger partial charge < -0.3 is 19.9 Å². The maximum Gasteiger partial charge on any atom is 0.335 e. The molecule has 0 amide bonds. The zero-order valence-corrected chi connectivity index (χ0v) is 18.3. The molecule has 0 bridgehead atoms. The number of carbonyl (C=O) groups is 1. The normalized spacial score (nSPS) is 10.3. The van der Waals surface area contributed by atoms with Gasteiger partial charge in [-0.25, -0.2) is 9.18 Å². The van der Waals surface area contributed by atoms with E-state index in [-0.39, 0.29) is 30.4 Å². The first kappa shape index (κ1) is 24.5. The summed E-state index contributed by atoms with van der Waals surface area (Å²) in [6.45, 7) is 1.35. The zero-order chi connectivity index (χ0) is 21.5. The summed E-state index contributed by atoms with van der Waals surface area (Å²) in [4.78, 5) is 10.9. The van der Waals surface area contributed by atoms with Crippen molar-refractivity contribution in [2.75, 3.05) is 7.11 Å². The van der Waals surface area contributed by atoms with Crippen molar-refractivity contribution >= 4 is 30.0 Å². The van der Waals surface area contributed by atoms with Gasteiger partial charge in [0.15, 0.2) is 11.5 Å². The Kier molecular flexibility index (Phi) is 9.12. The van der Waals surface area contributed by atoms with Crippen LogP contribution in [0.4, 0.5) is 4.39 Å². The third kappa shape index (κ3) is 6.85. The van der Waals surface area contributed by atoms with Crippen LogP contribution in [-0.4, -0.2) is 18.2 Å². The number of benzene rings is 3. The SMILES string of the molecule is COc1cc(CNCc2ccc(C(=O)O)cc2)cc(Cl)c1OCc1ccc(F)cc1.Cl. The maximum absolute atomic E-state index is 13.0. The van der Waals surface area contributed by atoms with Gasteiger partial charge in [0.25, 0.3) is 0 Å². The second-order valence-electron chi connectivity index (χ2n) is 6.63. The third-order valence-corrected chi connectivity index (χ3v) is 4.73. The number of aromatic carboxylic acids is 1. The minimum atomic E-state index is -0.946. The molecule has 0 atom stereocenters. The third-order valence-electron chi connectivity index (χ3n) is 4.44. The number of hydrogen-bond acceptors (Lipinski definition) is 4. The minimum absolute atomic E-state index is 0. The zero-order valence-electron chi connectivity index (χ0n) is 16.7. The standard InChI is InChI=1S/C23H21ClFNO4.ClH/c1-29-21-11-17(13-26-12-15-2-6-18(7-3-15)23(27)28)10-20(24)22(21)30-14-16-4-8-19(25)9-5-16;/h2-11,26H,12-14H2,1H3,(H,27,28);1H. The average molecular weight is 466 g/mol. The van der Waals surface area contributed by atoms with Crippen molar-refractivity contribution in [3.63, 3.8) is 0 Å². The molecule has 0 aliphatic rings. The molecular weight excluding hydrogens is 444 g/mol. The van der Waals surface area contributed by atoms with E-state index in [1.54, 1.807) is 42.5 Å².